The van der Waals surface area contributed by atoms with E-state index in [1.807, 2.05) is 0 Å². The third-order valence-corrected chi connectivity index (χ3v) is 8.92. The summed E-state index contributed by atoms with van der Waals surface area (Å²) in [4.78, 5) is 17.8. The molecule has 44 heavy (non-hydrogen) atoms. The van der Waals surface area contributed by atoms with Crippen molar-refractivity contribution in [3.05, 3.63) is 64.7 Å². The smallest absolute Gasteiger partial charge is 0.387 e. The van der Waals surface area contributed by atoms with Gasteiger partial charge in [-0.25, -0.2) is 21.9 Å². The third-order valence-electron chi connectivity index (χ3n) is 8.12. The number of nitrogens with one attached hydrogen (secondary N) is 1. The minimum Gasteiger partial charge on any atom is -0.493 e. The highest BCUT2D eigenvalue weighted by molar-refractivity contribution is 7.88. The van der Waals surface area contributed by atoms with E-state index in [1.165, 1.54) is 37.6 Å². The number of halogens is 4. The first-order valence-electron chi connectivity index (χ1n) is 14.5. The Kier molecular flexibility index (Phi) is 11.0. The van der Waals surface area contributed by atoms with Gasteiger partial charge in [0.2, 0.25) is 10.0 Å². The van der Waals surface area contributed by atoms with Crippen molar-refractivity contribution in [1.82, 2.24) is 14.5 Å². The van der Waals surface area contributed by atoms with Crippen LogP contribution in [0.2, 0.25) is 0 Å². The molecule has 2 fully saturated rings. The molecule has 2 aromatic rings. The largest absolute Gasteiger partial charge is 0.493 e. The predicted molar refractivity (Wildman–Crippen MR) is 159 cm³/mol. The molecule has 1 atom stereocenters. The Morgan fingerprint density at radius 3 is 2.50 bits per heavy atom. The second-order valence-corrected chi connectivity index (χ2v) is 13.5. The molecule has 1 heterocycles. The van der Waals surface area contributed by atoms with E-state index >= 15 is 0 Å². The molecule has 1 unspecified atom stereocenters. The Morgan fingerprint density at radius 2 is 1.86 bits per heavy atom. The van der Waals surface area contributed by atoms with E-state index in [0.29, 0.717) is 12.1 Å². The van der Waals surface area contributed by atoms with Crippen molar-refractivity contribution in [2.75, 3.05) is 39.5 Å². The summed E-state index contributed by atoms with van der Waals surface area (Å²) in [6.45, 7) is 0.292. The number of likely N-dealkylation sites (tertiary alicyclic amines) is 1. The molecule has 1 N–H and O–H groups in total. The summed E-state index contributed by atoms with van der Waals surface area (Å²) in [5, 5.41) is 0. The minimum absolute atomic E-state index is 0.0331. The van der Waals surface area contributed by atoms with Gasteiger partial charge >= 0.3 is 6.61 Å². The monoisotopic (exact) mass is 641 g/mol. The average Bonchev–Trinajstić information content (AvgIpc) is 3.57. The molecule has 0 spiro atoms. The van der Waals surface area contributed by atoms with Crippen LogP contribution in [0.25, 0.3) is 6.08 Å². The van der Waals surface area contributed by atoms with Gasteiger partial charge in [-0.15, -0.1) is 0 Å². The molecular formula is C31H39F4N3O5S. The SMILES string of the molecule is COc1cc(C(=O)N(CC(C)=Cc2ccc(F)cc2F)CC2CCCN2CC2(NS(C)(=O)=O)CCCC2)ccc1OC(F)F. The van der Waals surface area contributed by atoms with Crippen molar-refractivity contribution in [1.29, 1.82) is 0 Å². The van der Waals surface area contributed by atoms with Crippen LogP contribution in [0, 0.1) is 11.6 Å². The Hall–Kier alpha value is -3.16. The lowest BCUT2D eigenvalue weighted by Gasteiger charge is -2.38. The van der Waals surface area contributed by atoms with E-state index in [1.54, 1.807) is 17.9 Å². The van der Waals surface area contributed by atoms with Crippen LogP contribution in [0.1, 0.15) is 61.4 Å². The molecule has 0 bridgehead atoms. The number of nitrogens with zero attached hydrogens (tertiary/aromatic N) is 2. The Bertz CT molecular complexity index is 1460. The summed E-state index contributed by atoms with van der Waals surface area (Å²) >= 11 is 0. The van der Waals surface area contributed by atoms with E-state index in [4.69, 9.17) is 4.74 Å². The quantitative estimate of drug-likeness (QED) is 0.293. The third kappa shape index (κ3) is 8.95. The average molecular weight is 642 g/mol. The summed E-state index contributed by atoms with van der Waals surface area (Å²) in [5.41, 5.74) is 0.405. The van der Waals surface area contributed by atoms with Crippen LogP contribution in [0.5, 0.6) is 11.5 Å². The molecule has 4 rings (SSSR count). The van der Waals surface area contributed by atoms with Crippen LogP contribution >= 0.6 is 0 Å². The molecule has 0 radical (unpaired) electrons. The van der Waals surface area contributed by atoms with E-state index < -0.39 is 39.7 Å². The number of amides is 1. The normalized spacial score (nSPS) is 19.0. The zero-order valence-electron chi connectivity index (χ0n) is 25.1. The molecule has 13 heteroatoms. The summed E-state index contributed by atoms with van der Waals surface area (Å²) < 4.78 is 90.6. The second-order valence-electron chi connectivity index (χ2n) is 11.7. The van der Waals surface area contributed by atoms with Crippen molar-refractivity contribution in [2.45, 2.75) is 63.6 Å². The fraction of sp³-hybridized carbons (Fsp3) is 0.516. The molecule has 2 aliphatic rings. The van der Waals surface area contributed by atoms with Crippen LogP contribution in [-0.4, -0.2) is 81.9 Å². The summed E-state index contributed by atoms with van der Waals surface area (Å²) in [6, 6.07) is 7.14. The maximum atomic E-state index is 14.4. The lowest BCUT2D eigenvalue weighted by atomic mass is 9.98. The lowest BCUT2D eigenvalue weighted by Crippen LogP contribution is -2.55. The molecule has 0 aromatic heterocycles. The molecule has 242 valence electrons. The zero-order valence-corrected chi connectivity index (χ0v) is 25.9. The van der Waals surface area contributed by atoms with Crippen LogP contribution in [-0.2, 0) is 10.0 Å². The van der Waals surface area contributed by atoms with Crippen molar-refractivity contribution in [3.8, 4) is 11.5 Å². The maximum absolute atomic E-state index is 14.4. The fourth-order valence-corrected chi connectivity index (χ4v) is 7.37. The Morgan fingerprint density at radius 1 is 1.14 bits per heavy atom. The molecule has 1 aliphatic heterocycles. The van der Waals surface area contributed by atoms with E-state index in [2.05, 4.69) is 14.4 Å². The van der Waals surface area contributed by atoms with Crippen molar-refractivity contribution >= 4 is 22.0 Å². The summed E-state index contributed by atoms with van der Waals surface area (Å²) in [6.07, 6.45) is 7.65. The molecule has 1 saturated heterocycles. The molecule has 8 nitrogen and oxygen atoms in total. The number of benzene rings is 2. The minimum atomic E-state index is -3.44. The van der Waals surface area contributed by atoms with E-state index in [-0.39, 0.29) is 41.8 Å². The number of methoxy groups -OCH3 is 1. The number of alkyl halides is 2. The van der Waals surface area contributed by atoms with Crippen molar-refractivity contribution in [2.24, 2.45) is 0 Å². The van der Waals surface area contributed by atoms with Crippen LogP contribution in [0.3, 0.4) is 0 Å². The van der Waals surface area contributed by atoms with Gasteiger partial charge in [-0.05, 0) is 69.5 Å². The first kappa shape index (κ1) is 33.7. The molecule has 2 aromatic carbocycles. The highest BCUT2D eigenvalue weighted by Gasteiger charge is 2.41. The molecule has 1 saturated carbocycles. The standard InChI is InChI=1S/C31H39F4N3O5S/c1-21(15-22-8-10-24(32)17-26(22)33)18-38(29(39)23-9-11-27(43-30(34)35)28(16-23)42-2)19-25-7-6-14-37(25)20-31(12-4-5-13-31)36-44(3,40)41/h8-11,15-17,25,30,36H,4-7,12-14,18-20H2,1-3H3. The second kappa shape index (κ2) is 14.3. The van der Waals surface area contributed by atoms with Gasteiger partial charge in [0, 0.05) is 48.4 Å². The van der Waals surface area contributed by atoms with Crippen LogP contribution in [0.15, 0.2) is 42.0 Å². The summed E-state index contributed by atoms with van der Waals surface area (Å²) in [5.74, 6) is -2.08. The zero-order chi connectivity index (χ0) is 32.1. The van der Waals surface area contributed by atoms with Gasteiger partial charge in [-0.1, -0.05) is 24.5 Å². The van der Waals surface area contributed by atoms with Crippen molar-refractivity contribution < 1.29 is 40.2 Å². The van der Waals surface area contributed by atoms with Gasteiger partial charge in [0.1, 0.15) is 11.6 Å². The molecular weight excluding hydrogens is 602 g/mol. The lowest BCUT2D eigenvalue weighted by molar-refractivity contribution is -0.0512. The Balaban J connectivity index is 1.62. The van der Waals surface area contributed by atoms with Crippen LogP contribution in [0.4, 0.5) is 17.6 Å². The molecule has 1 amide bonds. The number of rotatable bonds is 13. The topological polar surface area (TPSA) is 88.2 Å². The van der Waals surface area contributed by atoms with Gasteiger partial charge in [-0.2, -0.15) is 8.78 Å². The van der Waals surface area contributed by atoms with Gasteiger partial charge in [-0.3, -0.25) is 9.69 Å². The van der Waals surface area contributed by atoms with Gasteiger partial charge in [0.15, 0.2) is 11.5 Å². The number of sulfonamides is 1. The predicted octanol–water partition coefficient (Wildman–Crippen LogP) is 5.45. The highest BCUT2D eigenvalue weighted by Crippen LogP contribution is 2.34. The van der Waals surface area contributed by atoms with Gasteiger partial charge in [0.05, 0.1) is 13.4 Å². The van der Waals surface area contributed by atoms with Crippen LogP contribution < -0.4 is 14.2 Å². The fourth-order valence-electron chi connectivity index (χ4n) is 6.32. The maximum Gasteiger partial charge on any atom is 0.387 e. The number of ether oxygens (including phenoxy) is 2. The van der Waals surface area contributed by atoms with Gasteiger partial charge < -0.3 is 14.4 Å². The number of carbonyl (C=O) groups is 1. The van der Waals surface area contributed by atoms with E-state index in [9.17, 15) is 30.8 Å². The number of carbonyl (C=O) groups excluding carboxylic acids is 1. The summed E-state index contributed by atoms with van der Waals surface area (Å²) in [7, 11) is -2.16. The Labute approximate surface area is 256 Å². The van der Waals surface area contributed by atoms with E-state index in [0.717, 1.165) is 57.2 Å². The number of hydrogen-bond acceptors (Lipinski definition) is 6. The first-order valence-corrected chi connectivity index (χ1v) is 16.4. The highest BCUT2D eigenvalue weighted by atomic mass is 32.2. The number of hydrogen-bond donors (Lipinski definition) is 1. The van der Waals surface area contributed by atoms with Gasteiger partial charge in [0.25, 0.3) is 5.91 Å². The molecule has 1 aliphatic carbocycles. The van der Waals surface area contributed by atoms with Crippen molar-refractivity contribution in [3.63, 3.8) is 0 Å². The first-order chi connectivity index (χ1) is 20.8.